The molecular formula is C23H17Cl2N3O3S. The van der Waals surface area contributed by atoms with Gasteiger partial charge in [-0.3, -0.25) is 9.59 Å². The lowest BCUT2D eigenvalue weighted by Gasteiger charge is -2.01. The quantitative estimate of drug-likeness (QED) is 0.292. The second kappa shape index (κ2) is 9.56. The number of carbonyl (C=O) groups is 2. The molecule has 0 fully saturated rings. The highest BCUT2D eigenvalue weighted by Crippen LogP contribution is 2.32. The molecule has 0 spiro atoms. The molecule has 0 atom stereocenters. The Kier molecular flexibility index (Phi) is 6.60. The Hall–Kier alpha value is -3.13. The van der Waals surface area contributed by atoms with Crippen molar-refractivity contribution < 1.29 is 14.0 Å². The molecule has 0 bridgehead atoms. The molecule has 2 amide bonds. The van der Waals surface area contributed by atoms with Crippen molar-refractivity contribution in [3.05, 3.63) is 70.4 Å². The summed E-state index contributed by atoms with van der Waals surface area (Å²) < 4.78 is 6.61. The minimum atomic E-state index is -0.309. The standard InChI is InChI=1S/C23H17Cl2N3O3S/c1-2-21(29)28-23-27-18-8-4-14(12-20(18)32-23)26-22(30)10-6-15-5-9-19(31-15)16-7-3-13(24)11-17(16)25/h3-12H,2H2,1H3,(H,26,30)(H,27,28,29)/b10-6+. The van der Waals surface area contributed by atoms with Crippen LogP contribution in [0.15, 0.2) is 59.0 Å². The number of amides is 2. The Morgan fingerprint density at radius 3 is 2.72 bits per heavy atom. The van der Waals surface area contributed by atoms with E-state index in [1.54, 1.807) is 55.5 Å². The van der Waals surface area contributed by atoms with Crippen LogP contribution in [0.25, 0.3) is 27.6 Å². The molecule has 2 aromatic carbocycles. The third-order valence-electron chi connectivity index (χ3n) is 4.45. The van der Waals surface area contributed by atoms with Crippen LogP contribution in [0, 0.1) is 0 Å². The highest BCUT2D eigenvalue weighted by atomic mass is 35.5. The molecule has 0 radical (unpaired) electrons. The van der Waals surface area contributed by atoms with E-state index in [2.05, 4.69) is 15.6 Å². The fourth-order valence-electron chi connectivity index (χ4n) is 2.88. The second-order valence-electron chi connectivity index (χ2n) is 6.75. The van der Waals surface area contributed by atoms with Crippen LogP contribution in [-0.4, -0.2) is 16.8 Å². The zero-order valence-electron chi connectivity index (χ0n) is 16.8. The molecule has 0 saturated carbocycles. The maximum absolute atomic E-state index is 12.3. The van der Waals surface area contributed by atoms with Gasteiger partial charge in [-0.05, 0) is 54.6 Å². The van der Waals surface area contributed by atoms with Crippen LogP contribution in [-0.2, 0) is 9.59 Å². The number of rotatable bonds is 6. The first kappa shape index (κ1) is 22.1. The van der Waals surface area contributed by atoms with Crippen LogP contribution in [0.1, 0.15) is 19.1 Å². The van der Waals surface area contributed by atoms with Crippen molar-refractivity contribution >= 4 is 73.5 Å². The number of thiazole rings is 1. The van der Waals surface area contributed by atoms with E-state index >= 15 is 0 Å². The van der Waals surface area contributed by atoms with Gasteiger partial charge in [0.2, 0.25) is 11.8 Å². The fourth-order valence-corrected chi connectivity index (χ4v) is 4.30. The molecule has 9 heteroatoms. The Morgan fingerprint density at radius 1 is 1.09 bits per heavy atom. The Bertz CT molecular complexity index is 1340. The van der Waals surface area contributed by atoms with Gasteiger partial charge in [0.15, 0.2) is 5.13 Å². The summed E-state index contributed by atoms with van der Waals surface area (Å²) >= 11 is 13.5. The number of furan rings is 1. The number of anilines is 2. The lowest BCUT2D eigenvalue weighted by Crippen LogP contribution is -2.08. The van der Waals surface area contributed by atoms with Gasteiger partial charge in [0.25, 0.3) is 0 Å². The van der Waals surface area contributed by atoms with Gasteiger partial charge < -0.3 is 15.1 Å². The summed E-state index contributed by atoms with van der Waals surface area (Å²) in [6, 6.07) is 14.0. The lowest BCUT2D eigenvalue weighted by atomic mass is 10.2. The Morgan fingerprint density at radius 2 is 1.94 bits per heavy atom. The topological polar surface area (TPSA) is 84.2 Å². The average molecular weight is 486 g/mol. The van der Waals surface area contributed by atoms with E-state index in [0.29, 0.717) is 44.4 Å². The molecule has 4 rings (SSSR count). The monoisotopic (exact) mass is 485 g/mol. The first-order chi connectivity index (χ1) is 15.4. The van der Waals surface area contributed by atoms with E-state index in [1.165, 1.54) is 17.4 Å². The zero-order chi connectivity index (χ0) is 22.7. The van der Waals surface area contributed by atoms with Crippen molar-refractivity contribution in [1.82, 2.24) is 4.98 Å². The van der Waals surface area contributed by atoms with Crippen molar-refractivity contribution in [3.63, 3.8) is 0 Å². The van der Waals surface area contributed by atoms with E-state index in [0.717, 1.165) is 10.2 Å². The molecule has 0 aliphatic rings. The zero-order valence-corrected chi connectivity index (χ0v) is 19.1. The van der Waals surface area contributed by atoms with Crippen LogP contribution in [0.3, 0.4) is 0 Å². The minimum absolute atomic E-state index is 0.0952. The molecule has 2 heterocycles. The molecule has 0 saturated heterocycles. The molecule has 0 aliphatic carbocycles. The molecule has 2 N–H and O–H groups in total. The highest BCUT2D eigenvalue weighted by Gasteiger charge is 2.10. The van der Waals surface area contributed by atoms with Crippen LogP contribution >= 0.6 is 34.5 Å². The van der Waals surface area contributed by atoms with Gasteiger partial charge in [-0.2, -0.15) is 0 Å². The maximum atomic E-state index is 12.3. The summed E-state index contributed by atoms with van der Waals surface area (Å²) in [4.78, 5) is 28.2. The highest BCUT2D eigenvalue weighted by molar-refractivity contribution is 7.22. The van der Waals surface area contributed by atoms with Gasteiger partial charge in [0, 0.05) is 28.8 Å². The predicted octanol–water partition coefficient (Wildman–Crippen LogP) is 6.86. The number of aromatic nitrogens is 1. The van der Waals surface area contributed by atoms with Gasteiger partial charge >= 0.3 is 0 Å². The van der Waals surface area contributed by atoms with Gasteiger partial charge in [0.05, 0.1) is 15.2 Å². The number of halogens is 2. The fraction of sp³-hybridized carbons (Fsp3) is 0.0870. The summed E-state index contributed by atoms with van der Waals surface area (Å²) in [5, 5.41) is 7.11. The second-order valence-corrected chi connectivity index (χ2v) is 8.63. The number of benzene rings is 2. The number of nitrogens with one attached hydrogen (secondary N) is 2. The number of fused-ring (bicyclic) bond motifs is 1. The third-order valence-corrected chi connectivity index (χ3v) is 5.93. The van der Waals surface area contributed by atoms with Crippen LogP contribution in [0.2, 0.25) is 10.0 Å². The van der Waals surface area contributed by atoms with Gasteiger partial charge in [0.1, 0.15) is 11.5 Å². The van der Waals surface area contributed by atoms with E-state index in [1.807, 2.05) is 6.07 Å². The summed E-state index contributed by atoms with van der Waals surface area (Å²) in [6.45, 7) is 1.78. The molecule has 6 nitrogen and oxygen atoms in total. The van der Waals surface area contributed by atoms with Crippen molar-refractivity contribution in [2.24, 2.45) is 0 Å². The normalized spacial score (nSPS) is 11.2. The number of hydrogen-bond acceptors (Lipinski definition) is 5. The molecule has 4 aromatic rings. The number of nitrogens with zero attached hydrogens (tertiary/aromatic N) is 1. The van der Waals surface area contributed by atoms with Gasteiger partial charge in [-0.1, -0.05) is 41.5 Å². The number of carbonyl (C=O) groups excluding carboxylic acids is 2. The van der Waals surface area contributed by atoms with Crippen molar-refractivity contribution in [2.75, 3.05) is 10.6 Å². The summed E-state index contributed by atoms with van der Waals surface area (Å²) in [7, 11) is 0. The van der Waals surface area contributed by atoms with E-state index in [-0.39, 0.29) is 11.8 Å². The average Bonchev–Trinajstić information content (AvgIpc) is 3.38. The number of hydrogen-bond donors (Lipinski definition) is 2. The summed E-state index contributed by atoms with van der Waals surface area (Å²) in [5.41, 5.74) is 2.09. The van der Waals surface area contributed by atoms with Gasteiger partial charge in [-0.25, -0.2) is 4.98 Å². The molecular weight excluding hydrogens is 469 g/mol. The first-order valence-electron chi connectivity index (χ1n) is 9.66. The van der Waals surface area contributed by atoms with E-state index in [4.69, 9.17) is 27.6 Å². The summed E-state index contributed by atoms with van der Waals surface area (Å²) in [5.74, 6) is 0.682. The first-order valence-corrected chi connectivity index (χ1v) is 11.2. The van der Waals surface area contributed by atoms with E-state index in [9.17, 15) is 9.59 Å². The van der Waals surface area contributed by atoms with Crippen molar-refractivity contribution in [1.29, 1.82) is 0 Å². The third kappa shape index (κ3) is 5.19. The molecule has 0 unspecified atom stereocenters. The largest absolute Gasteiger partial charge is 0.457 e. The van der Waals surface area contributed by atoms with Crippen molar-refractivity contribution in [2.45, 2.75) is 13.3 Å². The predicted molar refractivity (Wildman–Crippen MR) is 130 cm³/mol. The molecule has 162 valence electrons. The van der Waals surface area contributed by atoms with Gasteiger partial charge in [-0.15, -0.1) is 0 Å². The van der Waals surface area contributed by atoms with Crippen LogP contribution < -0.4 is 10.6 Å². The maximum Gasteiger partial charge on any atom is 0.248 e. The smallest absolute Gasteiger partial charge is 0.248 e. The van der Waals surface area contributed by atoms with Crippen LogP contribution in [0.5, 0.6) is 0 Å². The Balaban J connectivity index is 1.42. The minimum Gasteiger partial charge on any atom is -0.457 e. The molecule has 0 aliphatic heterocycles. The Labute approximate surface area is 197 Å². The lowest BCUT2D eigenvalue weighted by molar-refractivity contribution is -0.116. The van der Waals surface area contributed by atoms with E-state index < -0.39 is 0 Å². The SMILES string of the molecule is CCC(=O)Nc1nc2ccc(NC(=O)/C=C/c3ccc(-c4ccc(Cl)cc4Cl)o3)cc2s1. The molecule has 2 aromatic heterocycles. The van der Waals surface area contributed by atoms with Crippen molar-refractivity contribution in [3.8, 4) is 11.3 Å². The summed E-state index contributed by atoms with van der Waals surface area (Å²) in [6.07, 6.45) is 3.34. The van der Waals surface area contributed by atoms with Crippen LogP contribution in [0.4, 0.5) is 10.8 Å². The molecule has 32 heavy (non-hydrogen) atoms.